The molecule has 7 heteroatoms. The molecule has 0 fully saturated rings. The van der Waals surface area contributed by atoms with E-state index in [1.165, 1.54) is 0 Å². The smallest absolute Gasteiger partial charge is 0.355 e. The van der Waals surface area contributed by atoms with Gasteiger partial charge in [0, 0.05) is 24.2 Å². The van der Waals surface area contributed by atoms with Gasteiger partial charge in [0.1, 0.15) is 5.82 Å². The van der Waals surface area contributed by atoms with Gasteiger partial charge in [-0.2, -0.15) is 13.2 Å². The van der Waals surface area contributed by atoms with Gasteiger partial charge in [0.15, 0.2) is 5.69 Å². The zero-order chi connectivity index (χ0) is 20.1. The Labute approximate surface area is 162 Å². The van der Waals surface area contributed by atoms with Crippen LogP contribution in [0.4, 0.5) is 13.2 Å². The Bertz CT molecular complexity index is 822. The van der Waals surface area contributed by atoms with Gasteiger partial charge in [0.2, 0.25) is 5.91 Å². The highest BCUT2D eigenvalue weighted by Gasteiger charge is 2.37. The van der Waals surface area contributed by atoms with Gasteiger partial charge in [0.05, 0.1) is 5.92 Å². The van der Waals surface area contributed by atoms with E-state index in [-0.39, 0.29) is 36.2 Å². The molecule has 1 atom stereocenters. The summed E-state index contributed by atoms with van der Waals surface area (Å²) in [6.07, 6.45) is -1.18. The second-order valence-corrected chi connectivity index (χ2v) is 7.03. The second kappa shape index (κ2) is 8.71. The summed E-state index contributed by atoms with van der Waals surface area (Å²) < 4.78 is 40.2. The fraction of sp³-hybridized carbons (Fsp3) is 0.476. The summed E-state index contributed by atoms with van der Waals surface area (Å²) in [5, 5.41) is 2.82. The van der Waals surface area contributed by atoms with E-state index in [4.69, 9.17) is 0 Å². The lowest BCUT2D eigenvalue weighted by Gasteiger charge is -2.20. The maximum absolute atomic E-state index is 13.4. The zero-order valence-electron chi connectivity index (χ0n) is 15.9. The third kappa shape index (κ3) is 4.69. The minimum Gasteiger partial charge on any atom is -0.355 e. The average Bonchev–Trinajstić information content (AvgIpc) is 2.68. The van der Waals surface area contributed by atoms with Crippen LogP contribution in [0.15, 0.2) is 30.3 Å². The van der Waals surface area contributed by atoms with Crippen LogP contribution < -0.4 is 5.32 Å². The number of aromatic nitrogens is 2. The first kappa shape index (κ1) is 20.3. The van der Waals surface area contributed by atoms with Crippen LogP contribution in [0.1, 0.15) is 60.4 Å². The number of hydrogen-bond donors (Lipinski definition) is 1. The lowest BCUT2D eigenvalue weighted by atomic mass is 9.94. The summed E-state index contributed by atoms with van der Waals surface area (Å²) in [6, 6.07) is 9.45. The molecule has 0 unspecified atom stereocenters. The van der Waals surface area contributed by atoms with Crippen LogP contribution in [0.3, 0.4) is 0 Å². The predicted molar refractivity (Wildman–Crippen MR) is 99.9 cm³/mol. The van der Waals surface area contributed by atoms with Gasteiger partial charge in [-0.3, -0.25) is 4.79 Å². The number of rotatable bonds is 6. The fourth-order valence-electron chi connectivity index (χ4n) is 3.67. The second-order valence-electron chi connectivity index (χ2n) is 7.03. The Morgan fingerprint density at radius 2 is 1.86 bits per heavy atom. The van der Waals surface area contributed by atoms with Crippen LogP contribution in [-0.2, 0) is 30.2 Å². The van der Waals surface area contributed by atoms with Crippen LogP contribution >= 0.6 is 0 Å². The molecule has 0 spiro atoms. The summed E-state index contributed by atoms with van der Waals surface area (Å²) in [5.41, 5.74) is 0.855. The third-order valence-electron chi connectivity index (χ3n) is 5.07. The number of amides is 1. The van der Waals surface area contributed by atoms with E-state index in [1.807, 2.05) is 37.3 Å². The number of benzene rings is 1. The van der Waals surface area contributed by atoms with Crippen molar-refractivity contribution in [3.8, 4) is 0 Å². The van der Waals surface area contributed by atoms with Gasteiger partial charge >= 0.3 is 6.18 Å². The quantitative estimate of drug-likeness (QED) is 0.802. The molecule has 0 aliphatic heterocycles. The molecule has 1 amide bonds. The van der Waals surface area contributed by atoms with Gasteiger partial charge in [-0.1, -0.05) is 37.3 Å². The molecule has 1 aromatic carbocycles. The molecule has 0 saturated heterocycles. The number of fused-ring (bicyclic) bond motifs is 1. The molecular formula is C21H24F3N3O. The Kier molecular flexibility index (Phi) is 6.31. The molecule has 1 aliphatic carbocycles. The number of nitrogens with zero attached hydrogens (tertiary/aromatic N) is 2. The van der Waals surface area contributed by atoms with E-state index in [2.05, 4.69) is 15.3 Å². The van der Waals surface area contributed by atoms with E-state index in [0.29, 0.717) is 25.0 Å². The van der Waals surface area contributed by atoms with Crippen molar-refractivity contribution in [3.63, 3.8) is 0 Å². The van der Waals surface area contributed by atoms with Gasteiger partial charge in [0.25, 0.3) is 0 Å². The van der Waals surface area contributed by atoms with E-state index >= 15 is 0 Å². The molecule has 1 aromatic heterocycles. The van der Waals surface area contributed by atoms with Crippen molar-refractivity contribution in [2.24, 2.45) is 0 Å². The Morgan fingerprint density at radius 3 is 2.54 bits per heavy atom. The highest BCUT2D eigenvalue weighted by molar-refractivity contribution is 5.83. The molecule has 1 N–H and O–H groups in total. The first-order chi connectivity index (χ1) is 13.4. The number of nitrogens with one attached hydrogen (secondary N) is 1. The molecule has 0 bridgehead atoms. The molecule has 1 aliphatic rings. The van der Waals surface area contributed by atoms with Crippen LogP contribution in [0, 0.1) is 0 Å². The molecular weight excluding hydrogens is 367 g/mol. The van der Waals surface area contributed by atoms with Crippen molar-refractivity contribution in [3.05, 3.63) is 58.7 Å². The summed E-state index contributed by atoms with van der Waals surface area (Å²) in [4.78, 5) is 20.6. The highest BCUT2D eigenvalue weighted by Crippen LogP contribution is 2.34. The minimum atomic E-state index is -4.48. The highest BCUT2D eigenvalue weighted by atomic mass is 19.4. The molecule has 150 valence electrons. The number of aryl methyl sites for hydroxylation is 1. The molecule has 4 nitrogen and oxygen atoms in total. The van der Waals surface area contributed by atoms with Crippen molar-refractivity contribution in [2.75, 3.05) is 6.54 Å². The summed E-state index contributed by atoms with van der Waals surface area (Å²) in [6.45, 7) is 2.14. The van der Waals surface area contributed by atoms with Gasteiger partial charge < -0.3 is 5.32 Å². The third-order valence-corrected chi connectivity index (χ3v) is 5.07. The van der Waals surface area contributed by atoms with Crippen LogP contribution in [0.5, 0.6) is 0 Å². The number of halogens is 3. The van der Waals surface area contributed by atoms with Crippen molar-refractivity contribution in [1.29, 1.82) is 0 Å². The first-order valence-corrected chi connectivity index (χ1v) is 9.68. The van der Waals surface area contributed by atoms with Crippen LogP contribution in [-0.4, -0.2) is 22.4 Å². The topological polar surface area (TPSA) is 54.9 Å². The average molecular weight is 391 g/mol. The van der Waals surface area contributed by atoms with E-state index < -0.39 is 11.9 Å². The van der Waals surface area contributed by atoms with Crippen molar-refractivity contribution in [1.82, 2.24) is 15.3 Å². The van der Waals surface area contributed by atoms with E-state index in [1.54, 1.807) is 0 Å². The Balaban J connectivity index is 1.68. The van der Waals surface area contributed by atoms with Gasteiger partial charge in [-0.15, -0.1) is 0 Å². The van der Waals surface area contributed by atoms with Crippen molar-refractivity contribution >= 4 is 5.91 Å². The first-order valence-electron chi connectivity index (χ1n) is 9.68. The van der Waals surface area contributed by atoms with Crippen molar-refractivity contribution < 1.29 is 18.0 Å². The maximum atomic E-state index is 13.4. The van der Waals surface area contributed by atoms with E-state index in [9.17, 15) is 18.0 Å². The fourth-order valence-corrected chi connectivity index (χ4v) is 3.67. The molecule has 28 heavy (non-hydrogen) atoms. The monoisotopic (exact) mass is 391 g/mol. The SMILES string of the molecule is CC[C@H](C(=O)NCCc1nc2c(c(C(F)(F)F)n1)CCCC2)c1ccccc1. The van der Waals surface area contributed by atoms with Gasteiger partial charge in [-0.25, -0.2) is 9.97 Å². The van der Waals surface area contributed by atoms with Gasteiger partial charge in [-0.05, 0) is 37.7 Å². The van der Waals surface area contributed by atoms with E-state index in [0.717, 1.165) is 18.4 Å². The molecule has 3 rings (SSSR count). The number of carbonyl (C=O) groups is 1. The lowest BCUT2D eigenvalue weighted by molar-refractivity contribution is -0.142. The molecule has 2 aromatic rings. The number of hydrogen-bond acceptors (Lipinski definition) is 3. The van der Waals surface area contributed by atoms with Crippen molar-refractivity contribution in [2.45, 2.75) is 57.5 Å². The summed E-state index contributed by atoms with van der Waals surface area (Å²) in [5.74, 6) is -0.278. The standard InChI is InChI=1S/C21H24F3N3O/c1-2-15(14-8-4-3-5-9-14)20(28)25-13-12-18-26-17-11-7-6-10-16(17)19(27-18)21(22,23)24/h3-5,8-9,15H,2,6-7,10-13H2,1H3,(H,25,28)/t15-/m0/s1. The largest absolute Gasteiger partial charge is 0.433 e. The Morgan fingerprint density at radius 1 is 1.14 bits per heavy atom. The number of alkyl halides is 3. The number of carbonyl (C=O) groups excluding carboxylic acids is 1. The zero-order valence-corrected chi connectivity index (χ0v) is 15.9. The normalized spacial score (nSPS) is 15.0. The maximum Gasteiger partial charge on any atom is 0.433 e. The molecule has 0 radical (unpaired) electrons. The summed E-state index contributed by atoms with van der Waals surface area (Å²) in [7, 11) is 0. The minimum absolute atomic E-state index is 0.136. The summed E-state index contributed by atoms with van der Waals surface area (Å²) >= 11 is 0. The molecule has 0 saturated carbocycles. The van der Waals surface area contributed by atoms with Crippen LogP contribution in [0.2, 0.25) is 0 Å². The lowest BCUT2D eigenvalue weighted by Crippen LogP contribution is -2.31. The predicted octanol–water partition coefficient (Wildman–Crippen LogP) is 4.23. The Hall–Kier alpha value is -2.44. The molecule has 1 heterocycles. The van der Waals surface area contributed by atoms with Crippen LogP contribution in [0.25, 0.3) is 0 Å².